The van der Waals surface area contributed by atoms with Crippen molar-refractivity contribution in [1.82, 2.24) is 0 Å². The predicted octanol–water partition coefficient (Wildman–Crippen LogP) is 1.29. The fourth-order valence-electron chi connectivity index (χ4n) is 1.99. The third-order valence-electron chi connectivity index (χ3n) is 2.67. The van der Waals surface area contributed by atoms with Crippen molar-refractivity contribution in [2.45, 2.75) is 26.9 Å². The van der Waals surface area contributed by atoms with E-state index in [1.165, 1.54) is 6.07 Å². The highest BCUT2D eigenvalue weighted by Crippen LogP contribution is 2.29. The molecule has 0 aromatic heterocycles. The normalized spacial score (nSPS) is 16.2. The first-order valence-electron chi connectivity index (χ1n) is 6.45. The van der Waals surface area contributed by atoms with Crippen molar-refractivity contribution in [3.05, 3.63) is 33.6 Å². The van der Waals surface area contributed by atoms with Crippen LogP contribution in [-0.2, 0) is 4.65 Å². The van der Waals surface area contributed by atoms with Crippen molar-refractivity contribution in [3.8, 4) is 5.75 Å². The second-order valence-electron chi connectivity index (χ2n) is 3.80. The number of rotatable bonds is 4. The fourth-order valence-corrected chi connectivity index (χ4v) is 1.99. The summed E-state index contributed by atoms with van der Waals surface area (Å²) >= 11 is 0. The van der Waals surface area contributed by atoms with E-state index in [2.05, 4.69) is 0 Å². The minimum Gasteiger partial charge on any atom is -0.491 e. The van der Waals surface area contributed by atoms with Crippen LogP contribution in [0.2, 0.25) is 0 Å². The molecule has 20 heavy (non-hydrogen) atoms. The van der Waals surface area contributed by atoms with Crippen molar-refractivity contribution in [2.24, 2.45) is 0 Å². The van der Waals surface area contributed by atoms with Gasteiger partial charge < -0.3 is 14.4 Å². The van der Waals surface area contributed by atoms with Crippen LogP contribution in [0.4, 0.5) is 4.39 Å². The van der Waals surface area contributed by atoms with Gasteiger partial charge in [0, 0.05) is 10.4 Å². The summed E-state index contributed by atoms with van der Waals surface area (Å²) in [6.45, 7) is 5.41. The van der Waals surface area contributed by atoms with E-state index >= 15 is 0 Å². The van der Waals surface area contributed by atoms with Crippen LogP contribution in [0.5, 0.6) is 5.75 Å². The summed E-state index contributed by atoms with van der Waals surface area (Å²) in [4.78, 5) is 9.94. The summed E-state index contributed by atoms with van der Waals surface area (Å²) in [5.41, 5.74) is 0.535. The second kappa shape index (κ2) is 7.21. The molecule has 0 fully saturated rings. The molecule has 1 atom stereocenters. The molecule has 1 aromatic carbocycles. The van der Waals surface area contributed by atoms with E-state index in [9.17, 15) is 19.5 Å². The topological polar surface area (TPSA) is 81.8 Å². The zero-order chi connectivity index (χ0) is 15.3. The van der Waals surface area contributed by atoms with Crippen molar-refractivity contribution in [1.29, 1.82) is 0 Å². The third-order valence-corrected chi connectivity index (χ3v) is 2.67. The Bertz CT molecular complexity index is 485. The van der Waals surface area contributed by atoms with Crippen LogP contribution in [0.1, 0.15) is 32.4 Å². The van der Waals surface area contributed by atoms with Gasteiger partial charge in [0.25, 0.3) is 0 Å². The lowest BCUT2D eigenvalue weighted by Gasteiger charge is -2.10. The van der Waals surface area contributed by atoms with E-state index in [1.54, 1.807) is 6.92 Å². The van der Waals surface area contributed by atoms with Crippen LogP contribution in [0.3, 0.4) is 0 Å². The Morgan fingerprint density at radius 1 is 1.55 bits per heavy atom. The van der Waals surface area contributed by atoms with Gasteiger partial charge in [-0.25, -0.2) is 4.39 Å². The molecule has 1 heterocycles. The molecule has 1 aromatic rings. The molecule has 2 rings (SSSR count). The van der Waals surface area contributed by atoms with Crippen LogP contribution in [0, 0.1) is 15.9 Å². The molecule has 0 aliphatic carbocycles. The molecule has 0 amide bonds. The smallest absolute Gasteiger partial charge is 0.491 e. The molecule has 8 heteroatoms. The Labute approximate surface area is 116 Å². The van der Waals surface area contributed by atoms with Gasteiger partial charge in [-0.3, -0.25) is 10.1 Å². The largest absolute Gasteiger partial charge is 0.496 e. The van der Waals surface area contributed by atoms with E-state index in [0.29, 0.717) is 5.56 Å². The summed E-state index contributed by atoms with van der Waals surface area (Å²) in [5, 5.41) is 20.2. The molecule has 0 saturated carbocycles. The van der Waals surface area contributed by atoms with Crippen LogP contribution in [-0.4, -0.2) is 30.2 Å². The Hall–Kier alpha value is -1.67. The summed E-state index contributed by atoms with van der Waals surface area (Å²) < 4.78 is 23.7. The van der Waals surface area contributed by atoms with Crippen molar-refractivity contribution in [2.75, 3.05) is 13.2 Å². The average Bonchev–Trinajstić information content (AvgIpc) is 2.71. The number of nitrogens with zero attached hydrogens (tertiary/aromatic N) is 1. The number of nitro groups is 1. The maximum atomic E-state index is 13.6. The van der Waals surface area contributed by atoms with Gasteiger partial charge in [0.2, 0.25) is 6.54 Å². The van der Waals surface area contributed by atoms with Gasteiger partial charge in [0.15, 0.2) is 11.6 Å². The van der Waals surface area contributed by atoms with Gasteiger partial charge >= 0.3 is 7.12 Å². The standard InChI is InChI=1S/C10H11BFNO5.C2H6/c1-2-17-10-7(12)4-3-6-8(5-13(15)16)18-11(14)9(6)10;1-2/h3-4,8,14H,2,5H2,1H3;1-2H3. The number of halogens is 1. The molecular weight excluding hydrogens is 268 g/mol. The van der Waals surface area contributed by atoms with Crippen LogP contribution in [0.25, 0.3) is 0 Å². The summed E-state index contributed by atoms with van der Waals surface area (Å²) in [6.07, 6.45) is -0.884. The minimum absolute atomic E-state index is 0.103. The highest BCUT2D eigenvalue weighted by Gasteiger charge is 2.41. The van der Waals surface area contributed by atoms with Crippen LogP contribution >= 0.6 is 0 Å². The van der Waals surface area contributed by atoms with Gasteiger partial charge in [-0.15, -0.1) is 0 Å². The van der Waals surface area contributed by atoms with E-state index in [0.717, 1.165) is 6.07 Å². The van der Waals surface area contributed by atoms with E-state index in [4.69, 9.17) is 9.39 Å². The number of hydrogen-bond acceptors (Lipinski definition) is 5. The third kappa shape index (κ3) is 3.26. The predicted molar refractivity (Wildman–Crippen MR) is 72.2 cm³/mol. The Kier molecular flexibility index (Phi) is 5.91. The van der Waals surface area contributed by atoms with E-state index in [-0.39, 0.29) is 17.8 Å². The van der Waals surface area contributed by atoms with Gasteiger partial charge in [0.05, 0.1) is 6.61 Å². The Balaban J connectivity index is 0.000000956. The van der Waals surface area contributed by atoms with Gasteiger partial charge in [-0.05, 0) is 18.6 Å². The molecule has 1 unspecified atom stereocenters. The first-order valence-corrected chi connectivity index (χ1v) is 6.45. The molecule has 0 radical (unpaired) electrons. The van der Waals surface area contributed by atoms with Crippen molar-refractivity contribution >= 4 is 12.6 Å². The second-order valence-corrected chi connectivity index (χ2v) is 3.80. The first-order chi connectivity index (χ1) is 9.54. The maximum absolute atomic E-state index is 13.6. The summed E-state index contributed by atoms with van der Waals surface area (Å²) in [7, 11) is -1.40. The molecule has 110 valence electrons. The SMILES string of the molecule is CC.CCOc1c(F)ccc2c1B(O)OC2C[N+](=O)[O-]. The highest BCUT2D eigenvalue weighted by atomic mass is 19.1. The van der Waals surface area contributed by atoms with Crippen molar-refractivity contribution < 1.29 is 23.7 Å². The lowest BCUT2D eigenvalue weighted by molar-refractivity contribution is -0.490. The minimum atomic E-state index is -1.40. The number of fused-ring (bicyclic) bond motifs is 1. The monoisotopic (exact) mass is 285 g/mol. The number of benzene rings is 1. The molecule has 1 aliphatic rings. The number of hydrogen-bond donors (Lipinski definition) is 1. The molecule has 0 spiro atoms. The molecular formula is C12H17BFNO5. The fraction of sp³-hybridized carbons (Fsp3) is 0.500. The van der Waals surface area contributed by atoms with Crippen LogP contribution in [0.15, 0.2) is 12.1 Å². The van der Waals surface area contributed by atoms with Crippen LogP contribution < -0.4 is 10.2 Å². The first kappa shape index (κ1) is 16.4. The van der Waals surface area contributed by atoms with Gasteiger partial charge in [-0.2, -0.15) is 0 Å². The number of ether oxygens (including phenoxy) is 1. The molecule has 6 nitrogen and oxygen atoms in total. The summed E-state index contributed by atoms with van der Waals surface area (Å²) in [5.74, 6) is -0.728. The Morgan fingerprint density at radius 3 is 2.75 bits per heavy atom. The molecule has 0 saturated heterocycles. The lowest BCUT2D eigenvalue weighted by Crippen LogP contribution is -2.30. The van der Waals surface area contributed by atoms with Crippen molar-refractivity contribution in [3.63, 3.8) is 0 Å². The Morgan fingerprint density at radius 2 is 2.20 bits per heavy atom. The van der Waals surface area contributed by atoms with Gasteiger partial charge in [0.1, 0.15) is 6.10 Å². The van der Waals surface area contributed by atoms with E-state index < -0.39 is 30.5 Å². The summed E-state index contributed by atoms with van der Waals surface area (Å²) in [6, 6.07) is 2.52. The zero-order valence-corrected chi connectivity index (χ0v) is 11.6. The quantitative estimate of drug-likeness (QED) is 0.512. The highest BCUT2D eigenvalue weighted by molar-refractivity contribution is 6.62. The van der Waals surface area contributed by atoms with E-state index in [1.807, 2.05) is 13.8 Å². The molecule has 0 bridgehead atoms. The average molecular weight is 285 g/mol. The zero-order valence-electron chi connectivity index (χ0n) is 11.6. The van der Waals surface area contributed by atoms with Gasteiger partial charge in [-0.1, -0.05) is 19.9 Å². The molecule has 1 N–H and O–H groups in total. The molecule has 1 aliphatic heterocycles. The lowest BCUT2D eigenvalue weighted by atomic mass is 9.78. The maximum Gasteiger partial charge on any atom is 0.496 e.